The highest BCUT2D eigenvalue weighted by atomic mass is 16.5. The largest absolute Gasteiger partial charge is 0.392 e. The average molecular weight is 232 g/mol. The van der Waals surface area contributed by atoms with Crippen molar-refractivity contribution in [2.45, 2.75) is 38.1 Å². The number of aliphatic hydroxyl groups excluding tert-OH is 1. The van der Waals surface area contributed by atoms with E-state index in [1.54, 1.807) is 0 Å². The number of ether oxygens (including phenoxy) is 1. The third-order valence-corrected chi connectivity index (χ3v) is 3.45. The van der Waals surface area contributed by atoms with E-state index in [-0.39, 0.29) is 18.1 Å². The van der Waals surface area contributed by atoms with Crippen LogP contribution >= 0.6 is 0 Å². The van der Waals surface area contributed by atoms with E-state index in [0.717, 1.165) is 19.3 Å². The minimum Gasteiger partial charge on any atom is -0.392 e. The lowest BCUT2D eigenvalue weighted by molar-refractivity contribution is -0.0368. The summed E-state index contributed by atoms with van der Waals surface area (Å²) < 4.78 is 5.84. The van der Waals surface area contributed by atoms with E-state index in [9.17, 15) is 5.11 Å². The Labute approximate surface area is 103 Å². The van der Waals surface area contributed by atoms with E-state index >= 15 is 0 Å². The highest BCUT2D eigenvalue weighted by Crippen LogP contribution is 2.27. The molecule has 17 heavy (non-hydrogen) atoms. The lowest BCUT2D eigenvalue weighted by Crippen LogP contribution is -2.32. The van der Waals surface area contributed by atoms with Gasteiger partial charge in [0.15, 0.2) is 0 Å². The molecule has 0 spiro atoms. The van der Waals surface area contributed by atoms with Gasteiger partial charge in [-0.05, 0) is 18.4 Å². The van der Waals surface area contributed by atoms with Crippen molar-refractivity contribution in [1.29, 1.82) is 0 Å². The van der Waals surface area contributed by atoms with Crippen LogP contribution < -0.4 is 0 Å². The second kappa shape index (κ2) is 5.99. The SMILES string of the molecule is C=C[C@@H]1CC[C@@H](OCc2ccccc2)C[C@@H]1O. The molecule has 1 aromatic rings. The van der Waals surface area contributed by atoms with Crippen molar-refractivity contribution in [2.75, 3.05) is 0 Å². The van der Waals surface area contributed by atoms with E-state index in [2.05, 4.69) is 18.7 Å². The van der Waals surface area contributed by atoms with Crippen molar-refractivity contribution in [2.24, 2.45) is 5.92 Å². The van der Waals surface area contributed by atoms with Crippen molar-refractivity contribution >= 4 is 0 Å². The summed E-state index contributed by atoms with van der Waals surface area (Å²) in [4.78, 5) is 0. The first-order valence-electron chi connectivity index (χ1n) is 6.25. The van der Waals surface area contributed by atoms with Crippen LogP contribution in [0.1, 0.15) is 24.8 Å². The van der Waals surface area contributed by atoms with Crippen LogP contribution in [0.4, 0.5) is 0 Å². The van der Waals surface area contributed by atoms with Crippen LogP contribution in [-0.4, -0.2) is 17.3 Å². The van der Waals surface area contributed by atoms with Crippen molar-refractivity contribution < 1.29 is 9.84 Å². The molecule has 0 amide bonds. The van der Waals surface area contributed by atoms with Crippen LogP contribution in [0.3, 0.4) is 0 Å². The summed E-state index contributed by atoms with van der Waals surface area (Å²) in [5, 5.41) is 9.89. The predicted octanol–water partition coefficient (Wildman–Crippen LogP) is 2.92. The molecule has 1 aromatic carbocycles. The number of aliphatic hydroxyl groups is 1. The van der Waals surface area contributed by atoms with Crippen molar-refractivity contribution in [3.8, 4) is 0 Å². The summed E-state index contributed by atoms with van der Waals surface area (Å²) in [5.74, 6) is 0.242. The van der Waals surface area contributed by atoms with Gasteiger partial charge >= 0.3 is 0 Å². The van der Waals surface area contributed by atoms with Crippen LogP contribution in [0.25, 0.3) is 0 Å². The summed E-state index contributed by atoms with van der Waals surface area (Å²) in [6.07, 6.45) is 4.47. The van der Waals surface area contributed by atoms with Gasteiger partial charge in [0, 0.05) is 12.3 Å². The maximum absolute atomic E-state index is 9.89. The van der Waals surface area contributed by atoms with Gasteiger partial charge in [-0.25, -0.2) is 0 Å². The molecule has 0 unspecified atom stereocenters. The molecule has 92 valence electrons. The number of rotatable bonds is 4. The molecular formula is C15H20O2. The first kappa shape index (κ1) is 12.3. The predicted molar refractivity (Wildman–Crippen MR) is 68.6 cm³/mol. The quantitative estimate of drug-likeness (QED) is 0.809. The lowest BCUT2D eigenvalue weighted by atomic mass is 9.85. The number of hydrogen-bond acceptors (Lipinski definition) is 2. The second-order valence-corrected chi connectivity index (χ2v) is 4.70. The number of hydrogen-bond donors (Lipinski definition) is 1. The molecule has 0 radical (unpaired) electrons. The van der Waals surface area contributed by atoms with Crippen LogP contribution in [0.15, 0.2) is 43.0 Å². The van der Waals surface area contributed by atoms with Gasteiger partial charge in [-0.2, -0.15) is 0 Å². The Kier molecular flexibility index (Phi) is 4.35. The highest BCUT2D eigenvalue weighted by molar-refractivity contribution is 5.13. The maximum atomic E-state index is 9.89. The molecule has 0 saturated heterocycles. The van der Waals surface area contributed by atoms with Gasteiger partial charge in [0.2, 0.25) is 0 Å². The summed E-state index contributed by atoms with van der Waals surface area (Å²) in [6.45, 7) is 4.39. The molecule has 2 nitrogen and oxygen atoms in total. The minimum atomic E-state index is -0.290. The van der Waals surface area contributed by atoms with E-state index in [4.69, 9.17) is 4.74 Å². The Morgan fingerprint density at radius 3 is 2.71 bits per heavy atom. The molecule has 1 fully saturated rings. The van der Waals surface area contributed by atoms with Gasteiger partial charge in [0.1, 0.15) is 0 Å². The smallest absolute Gasteiger partial charge is 0.0720 e. The zero-order valence-corrected chi connectivity index (χ0v) is 10.1. The molecule has 2 rings (SSSR count). The van der Waals surface area contributed by atoms with Crippen LogP contribution in [0, 0.1) is 5.92 Å². The van der Waals surface area contributed by atoms with Crippen LogP contribution in [0.2, 0.25) is 0 Å². The molecule has 2 heteroatoms. The zero-order chi connectivity index (χ0) is 12.1. The van der Waals surface area contributed by atoms with Crippen molar-refractivity contribution in [3.63, 3.8) is 0 Å². The molecule has 0 aromatic heterocycles. The summed E-state index contributed by atoms with van der Waals surface area (Å²) >= 11 is 0. The third-order valence-electron chi connectivity index (χ3n) is 3.45. The molecule has 0 bridgehead atoms. The van der Waals surface area contributed by atoms with Gasteiger partial charge in [-0.15, -0.1) is 6.58 Å². The second-order valence-electron chi connectivity index (χ2n) is 4.70. The fraction of sp³-hybridized carbons (Fsp3) is 0.467. The molecule has 1 aliphatic rings. The first-order valence-corrected chi connectivity index (χ1v) is 6.25. The summed E-state index contributed by atoms with van der Waals surface area (Å²) in [6, 6.07) is 10.2. The third kappa shape index (κ3) is 3.42. The maximum Gasteiger partial charge on any atom is 0.0720 e. The molecule has 3 atom stereocenters. The molecule has 1 N–H and O–H groups in total. The van der Waals surface area contributed by atoms with E-state index in [1.807, 2.05) is 24.3 Å². The Morgan fingerprint density at radius 1 is 1.29 bits per heavy atom. The van der Waals surface area contributed by atoms with Gasteiger partial charge < -0.3 is 9.84 Å². The molecule has 1 aliphatic carbocycles. The summed E-state index contributed by atoms with van der Waals surface area (Å²) in [5.41, 5.74) is 1.19. The van der Waals surface area contributed by atoms with Gasteiger partial charge in [-0.1, -0.05) is 36.4 Å². The van der Waals surface area contributed by atoms with Gasteiger partial charge in [0.25, 0.3) is 0 Å². The van der Waals surface area contributed by atoms with Crippen LogP contribution in [0.5, 0.6) is 0 Å². The fourth-order valence-corrected chi connectivity index (χ4v) is 2.35. The lowest BCUT2D eigenvalue weighted by Gasteiger charge is -2.31. The summed E-state index contributed by atoms with van der Waals surface area (Å²) in [7, 11) is 0. The molecule has 0 aliphatic heterocycles. The van der Waals surface area contributed by atoms with Crippen molar-refractivity contribution in [1.82, 2.24) is 0 Å². The Balaban J connectivity index is 1.79. The normalized spacial score (nSPS) is 28.9. The standard InChI is InChI=1S/C15H20O2/c1-2-13-8-9-14(10-15(13)16)17-11-12-6-4-3-5-7-12/h2-7,13-16H,1,8-11H2/t13-,14-,15+/m1/s1. The highest BCUT2D eigenvalue weighted by Gasteiger charge is 2.27. The van der Waals surface area contributed by atoms with Gasteiger partial charge in [0.05, 0.1) is 18.8 Å². The molecule has 0 heterocycles. The first-order chi connectivity index (χ1) is 8.29. The Morgan fingerprint density at radius 2 is 2.06 bits per heavy atom. The average Bonchev–Trinajstić information content (AvgIpc) is 2.38. The number of benzene rings is 1. The van der Waals surface area contributed by atoms with E-state index < -0.39 is 0 Å². The monoisotopic (exact) mass is 232 g/mol. The van der Waals surface area contributed by atoms with E-state index in [0.29, 0.717) is 6.61 Å². The fourth-order valence-electron chi connectivity index (χ4n) is 2.35. The zero-order valence-electron chi connectivity index (χ0n) is 10.1. The van der Waals surface area contributed by atoms with Crippen LogP contribution in [-0.2, 0) is 11.3 Å². The van der Waals surface area contributed by atoms with Crippen molar-refractivity contribution in [3.05, 3.63) is 48.6 Å². The molecular weight excluding hydrogens is 212 g/mol. The Bertz CT molecular complexity index is 347. The minimum absolute atomic E-state index is 0.182. The Hall–Kier alpha value is -1.12. The topological polar surface area (TPSA) is 29.5 Å². The molecule has 1 saturated carbocycles. The van der Waals surface area contributed by atoms with E-state index in [1.165, 1.54) is 5.56 Å². The van der Waals surface area contributed by atoms with Gasteiger partial charge in [-0.3, -0.25) is 0 Å².